The largest absolute Gasteiger partial charge is 0.369 e. The Morgan fingerprint density at radius 2 is 1.69 bits per heavy atom. The molecule has 29 heavy (non-hydrogen) atoms. The van der Waals surface area contributed by atoms with Gasteiger partial charge in [0.15, 0.2) is 0 Å². The van der Waals surface area contributed by atoms with Gasteiger partial charge in [-0.1, -0.05) is 6.07 Å². The Hall–Kier alpha value is -2.98. The minimum Gasteiger partial charge on any atom is -0.369 e. The number of carbonyl (C=O) groups excluding carboxylic acids is 1. The highest BCUT2D eigenvalue weighted by molar-refractivity contribution is 7.88. The van der Waals surface area contributed by atoms with E-state index in [4.69, 9.17) is 0 Å². The van der Waals surface area contributed by atoms with Crippen molar-refractivity contribution in [2.24, 2.45) is 0 Å². The number of amides is 1. The number of hydrogen-bond acceptors (Lipinski definition) is 6. The first-order valence-corrected chi connectivity index (χ1v) is 10.9. The van der Waals surface area contributed by atoms with Gasteiger partial charge in [-0.05, 0) is 37.3 Å². The van der Waals surface area contributed by atoms with E-state index < -0.39 is 20.9 Å². The van der Waals surface area contributed by atoms with E-state index in [2.05, 4.69) is 10.2 Å². The molecule has 10 heteroatoms. The third-order valence-electron chi connectivity index (χ3n) is 4.94. The van der Waals surface area contributed by atoms with E-state index in [1.54, 1.807) is 25.1 Å². The van der Waals surface area contributed by atoms with Gasteiger partial charge in [0.1, 0.15) is 0 Å². The zero-order valence-corrected chi connectivity index (χ0v) is 17.0. The number of nitro groups is 1. The van der Waals surface area contributed by atoms with Gasteiger partial charge in [0, 0.05) is 54.7 Å². The lowest BCUT2D eigenvalue weighted by Gasteiger charge is -2.34. The van der Waals surface area contributed by atoms with Gasteiger partial charge in [-0.2, -0.15) is 4.31 Å². The minimum atomic E-state index is -3.17. The summed E-state index contributed by atoms with van der Waals surface area (Å²) in [6, 6.07) is 11.6. The summed E-state index contributed by atoms with van der Waals surface area (Å²) in [6.45, 7) is 3.59. The van der Waals surface area contributed by atoms with Crippen molar-refractivity contribution in [3.63, 3.8) is 0 Å². The lowest BCUT2D eigenvalue weighted by Crippen LogP contribution is -2.48. The fraction of sp³-hybridized carbons (Fsp3) is 0.316. The van der Waals surface area contributed by atoms with Gasteiger partial charge in [-0.25, -0.2) is 8.42 Å². The van der Waals surface area contributed by atoms with Gasteiger partial charge in [0.2, 0.25) is 10.0 Å². The van der Waals surface area contributed by atoms with Crippen molar-refractivity contribution in [1.29, 1.82) is 0 Å². The molecule has 1 fully saturated rings. The summed E-state index contributed by atoms with van der Waals surface area (Å²) in [5.41, 5.74) is 1.97. The van der Waals surface area contributed by atoms with Crippen LogP contribution in [0.25, 0.3) is 0 Å². The predicted octanol–water partition coefficient (Wildman–Crippen LogP) is 2.24. The van der Waals surface area contributed by atoms with Crippen molar-refractivity contribution in [2.75, 3.05) is 42.7 Å². The summed E-state index contributed by atoms with van der Waals surface area (Å²) in [5.74, 6) is -0.416. The van der Waals surface area contributed by atoms with Crippen molar-refractivity contribution in [3.05, 3.63) is 63.7 Å². The minimum absolute atomic E-state index is 0.0961. The maximum atomic E-state index is 12.5. The second-order valence-corrected chi connectivity index (χ2v) is 8.84. The number of nitro benzene ring substituents is 1. The number of anilines is 2. The normalized spacial score (nSPS) is 15.2. The molecule has 0 aliphatic carbocycles. The number of piperazine rings is 1. The van der Waals surface area contributed by atoms with Gasteiger partial charge in [-0.3, -0.25) is 14.9 Å². The molecule has 3 rings (SSSR count). The maximum Gasteiger partial charge on any atom is 0.273 e. The Balaban J connectivity index is 1.67. The van der Waals surface area contributed by atoms with Gasteiger partial charge in [-0.15, -0.1) is 0 Å². The molecule has 0 saturated carbocycles. The number of hydrogen-bond donors (Lipinski definition) is 1. The molecule has 1 saturated heterocycles. The van der Waals surface area contributed by atoms with Gasteiger partial charge in [0.05, 0.1) is 11.2 Å². The fourth-order valence-corrected chi connectivity index (χ4v) is 4.13. The first-order chi connectivity index (χ1) is 13.7. The zero-order chi connectivity index (χ0) is 21.2. The van der Waals surface area contributed by atoms with Crippen LogP contribution in [0.3, 0.4) is 0 Å². The van der Waals surface area contributed by atoms with Crippen LogP contribution in [0.1, 0.15) is 15.9 Å². The molecule has 0 atom stereocenters. The van der Waals surface area contributed by atoms with Crippen LogP contribution in [0.5, 0.6) is 0 Å². The molecule has 1 aliphatic heterocycles. The zero-order valence-electron chi connectivity index (χ0n) is 16.2. The SMILES string of the molecule is Cc1c(C(=O)Nc2ccc(N3CCN(S(C)(=O)=O)CC3)cc2)cccc1[N+](=O)[O-]. The van der Waals surface area contributed by atoms with Gasteiger partial charge in [0.25, 0.3) is 11.6 Å². The van der Waals surface area contributed by atoms with Crippen molar-refractivity contribution in [1.82, 2.24) is 4.31 Å². The summed E-state index contributed by atoms with van der Waals surface area (Å²) in [4.78, 5) is 25.1. The molecule has 1 N–H and O–H groups in total. The molecule has 2 aromatic rings. The van der Waals surface area contributed by atoms with Crippen LogP contribution in [0.15, 0.2) is 42.5 Å². The molecule has 0 radical (unpaired) electrons. The lowest BCUT2D eigenvalue weighted by atomic mass is 10.1. The predicted molar refractivity (Wildman–Crippen MR) is 111 cm³/mol. The van der Waals surface area contributed by atoms with Crippen molar-refractivity contribution >= 4 is 33.0 Å². The Labute approximate surface area is 169 Å². The van der Waals surface area contributed by atoms with Crippen LogP contribution in [0.4, 0.5) is 17.1 Å². The maximum absolute atomic E-state index is 12.5. The standard InChI is InChI=1S/C19H22N4O5S/c1-14-17(4-3-5-18(14)23(25)26)19(24)20-15-6-8-16(9-7-15)21-10-12-22(13-11-21)29(2,27)28/h3-9H,10-13H2,1-2H3,(H,20,24). The van der Waals surface area contributed by atoms with Crippen LogP contribution in [0, 0.1) is 17.0 Å². The molecule has 9 nitrogen and oxygen atoms in total. The molecular formula is C19H22N4O5S. The molecule has 0 bridgehead atoms. The molecule has 0 unspecified atom stereocenters. The van der Waals surface area contributed by atoms with Crippen LogP contribution >= 0.6 is 0 Å². The number of rotatable bonds is 5. The van der Waals surface area contributed by atoms with E-state index in [-0.39, 0.29) is 11.3 Å². The second-order valence-electron chi connectivity index (χ2n) is 6.86. The van der Waals surface area contributed by atoms with E-state index in [9.17, 15) is 23.3 Å². The average Bonchev–Trinajstić information content (AvgIpc) is 2.68. The van der Waals surface area contributed by atoms with Crippen LogP contribution in [-0.2, 0) is 10.0 Å². The molecule has 2 aromatic carbocycles. The second kappa shape index (κ2) is 8.18. The lowest BCUT2D eigenvalue weighted by molar-refractivity contribution is -0.385. The molecule has 1 amide bonds. The first kappa shape index (κ1) is 20.7. The molecular weight excluding hydrogens is 396 g/mol. The third kappa shape index (κ3) is 4.72. The molecule has 154 valence electrons. The summed E-state index contributed by atoms with van der Waals surface area (Å²) in [6.07, 6.45) is 1.21. The monoisotopic (exact) mass is 418 g/mol. The average molecular weight is 418 g/mol. The first-order valence-electron chi connectivity index (χ1n) is 9.02. The van der Waals surface area contributed by atoms with Crippen molar-refractivity contribution < 1.29 is 18.1 Å². The number of nitrogens with one attached hydrogen (secondary N) is 1. The van der Waals surface area contributed by atoms with Gasteiger partial charge >= 0.3 is 0 Å². The molecule has 0 spiro atoms. The summed E-state index contributed by atoms with van der Waals surface area (Å²) < 4.78 is 24.7. The van der Waals surface area contributed by atoms with Crippen LogP contribution in [0.2, 0.25) is 0 Å². The highest BCUT2D eigenvalue weighted by Gasteiger charge is 2.23. The topological polar surface area (TPSA) is 113 Å². The Bertz CT molecular complexity index is 1030. The van der Waals surface area contributed by atoms with Crippen molar-refractivity contribution in [3.8, 4) is 0 Å². The quantitative estimate of drug-likeness (QED) is 0.589. The Kier molecular flexibility index (Phi) is 5.85. The van der Waals surface area contributed by atoms with Crippen LogP contribution in [-0.4, -0.2) is 56.0 Å². The highest BCUT2D eigenvalue weighted by atomic mass is 32.2. The van der Waals surface area contributed by atoms with E-state index in [0.717, 1.165) is 5.69 Å². The summed E-state index contributed by atoms with van der Waals surface area (Å²) in [7, 11) is -3.17. The molecule has 1 heterocycles. The van der Waals surface area contributed by atoms with Crippen LogP contribution < -0.4 is 10.2 Å². The van der Waals surface area contributed by atoms with Gasteiger partial charge < -0.3 is 10.2 Å². The summed E-state index contributed by atoms with van der Waals surface area (Å²) in [5, 5.41) is 13.8. The number of benzene rings is 2. The fourth-order valence-electron chi connectivity index (χ4n) is 3.30. The molecule has 1 aliphatic rings. The summed E-state index contributed by atoms with van der Waals surface area (Å²) >= 11 is 0. The molecule has 0 aromatic heterocycles. The smallest absolute Gasteiger partial charge is 0.273 e. The van der Waals surface area contributed by atoms with Crippen molar-refractivity contribution in [2.45, 2.75) is 6.92 Å². The Morgan fingerprint density at radius 3 is 2.24 bits per heavy atom. The van der Waals surface area contributed by atoms with E-state index in [1.807, 2.05) is 12.1 Å². The van der Waals surface area contributed by atoms with E-state index >= 15 is 0 Å². The highest BCUT2D eigenvalue weighted by Crippen LogP contribution is 2.24. The van der Waals surface area contributed by atoms with E-state index in [1.165, 1.54) is 22.7 Å². The Morgan fingerprint density at radius 1 is 1.07 bits per heavy atom. The number of nitrogens with zero attached hydrogens (tertiary/aromatic N) is 3. The number of sulfonamides is 1. The third-order valence-corrected chi connectivity index (χ3v) is 6.25. The number of carbonyl (C=O) groups is 1. The van der Waals surface area contributed by atoms with E-state index in [0.29, 0.717) is 37.4 Å².